The highest BCUT2D eigenvalue weighted by molar-refractivity contribution is 8.01. The number of carbonyl (C=O) groups is 1. The maximum atomic E-state index is 13.4. The second-order valence-electron chi connectivity index (χ2n) is 6.86. The Balaban J connectivity index is 1.88. The van der Waals surface area contributed by atoms with Gasteiger partial charge in [-0.05, 0) is 31.2 Å². The van der Waals surface area contributed by atoms with Gasteiger partial charge in [0.25, 0.3) is 10.0 Å². The molecule has 0 atom stereocenters. The fourth-order valence-electron chi connectivity index (χ4n) is 2.59. The summed E-state index contributed by atoms with van der Waals surface area (Å²) in [4.78, 5) is 12.8. The second kappa shape index (κ2) is 9.99. The first-order chi connectivity index (χ1) is 14.7. The van der Waals surface area contributed by atoms with Gasteiger partial charge in [0.1, 0.15) is 6.54 Å². The van der Waals surface area contributed by atoms with Gasteiger partial charge in [-0.25, -0.2) is 8.42 Å². The highest BCUT2D eigenvalue weighted by Crippen LogP contribution is 2.31. The molecule has 3 rings (SSSR count). The van der Waals surface area contributed by atoms with E-state index in [2.05, 4.69) is 15.5 Å². The lowest BCUT2D eigenvalue weighted by Gasteiger charge is -2.24. The van der Waals surface area contributed by atoms with Crippen molar-refractivity contribution in [2.24, 2.45) is 0 Å². The third-order valence-electron chi connectivity index (χ3n) is 4.01. The van der Waals surface area contributed by atoms with Crippen molar-refractivity contribution < 1.29 is 13.2 Å². The molecule has 1 amide bonds. The Bertz CT molecular complexity index is 1160. The van der Waals surface area contributed by atoms with Gasteiger partial charge in [0.2, 0.25) is 11.0 Å². The fourth-order valence-corrected chi connectivity index (χ4v) is 6.31. The largest absolute Gasteiger partial charge is 0.299 e. The SMILES string of the molecule is Cc1ccc(S(=O)(=O)N(CC(=O)Nc2nnc(SC(C)C)s2)c2ccccc2Cl)cc1. The number of hydrogen-bond acceptors (Lipinski definition) is 7. The molecule has 0 saturated heterocycles. The molecular formula is C20H21ClN4O3S3. The van der Waals surface area contributed by atoms with Crippen molar-refractivity contribution in [3.8, 4) is 0 Å². The summed E-state index contributed by atoms with van der Waals surface area (Å²) in [6, 6.07) is 12.9. The molecule has 31 heavy (non-hydrogen) atoms. The van der Waals surface area contributed by atoms with Gasteiger partial charge in [0.15, 0.2) is 4.34 Å². The molecule has 164 valence electrons. The van der Waals surface area contributed by atoms with Crippen molar-refractivity contribution in [3.63, 3.8) is 0 Å². The van der Waals surface area contributed by atoms with Gasteiger partial charge in [-0.15, -0.1) is 10.2 Å². The van der Waals surface area contributed by atoms with Gasteiger partial charge in [-0.1, -0.05) is 78.4 Å². The van der Waals surface area contributed by atoms with Crippen LogP contribution in [0.1, 0.15) is 19.4 Å². The molecule has 0 bridgehead atoms. The Labute approximate surface area is 194 Å². The Hall–Kier alpha value is -2.14. The van der Waals surface area contributed by atoms with Gasteiger partial charge < -0.3 is 0 Å². The number of halogens is 1. The lowest BCUT2D eigenvalue weighted by Crippen LogP contribution is -2.38. The van der Waals surface area contributed by atoms with Crippen molar-refractivity contribution >= 4 is 61.4 Å². The number of hydrogen-bond donors (Lipinski definition) is 1. The molecule has 1 N–H and O–H groups in total. The lowest BCUT2D eigenvalue weighted by atomic mass is 10.2. The summed E-state index contributed by atoms with van der Waals surface area (Å²) >= 11 is 9.04. The van der Waals surface area contributed by atoms with E-state index >= 15 is 0 Å². The normalized spacial score (nSPS) is 11.5. The number of amides is 1. The van der Waals surface area contributed by atoms with Crippen molar-refractivity contribution in [1.29, 1.82) is 0 Å². The number of aryl methyl sites for hydroxylation is 1. The number of aromatic nitrogens is 2. The van der Waals surface area contributed by atoms with Gasteiger partial charge in [0, 0.05) is 5.25 Å². The monoisotopic (exact) mass is 496 g/mol. The van der Waals surface area contributed by atoms with E-state index in [0.29, 0.717) is 10.4 Å². The Kier molecular flexibility index (Phi) is 7.58. The number of nitrogens with one attached hydrogen (secondary N) is 1. The van der Waals surface area contributed by atoms with Crippen LogP contribution < -0.4 is 9.62 Å². The quantitative estimate of drug-likeness (QED) is 0.354. The van der Waals surface area contributed by atoms with Crippen molar-refractivity contribution in [2.75, 3.05) is 16.2 Å². The summed E-state index contributed by atoms with van der Waals surface area (Å²) in [6.45, 7) is 5.46. The topological polar surface area (TPSA) is 92.3 Å². The minimum absolute atomic E-state index is 0.0670. The van der Waals surface area contributed by atoms with Gasteiger partial charge in [-0.3, -0.25) is 14.4 Å². The molecular weight excluding hydrogens is 476 g/mol. The molecule has 0 aliphatic rings. The Morgan fingerprint density at radius 3 is 2.48 bits per heavy atom. The molecule has 1 aromatic heterocycles. The molecule has 0 aliphatic carbocycles. The number of benzene rings is 2. The minimum Gasteiger partial charge on any atom is -0.299 e. The number of rotatable bonds is 8. The standard InChI is InChI=1S/C20H21ClN4O3S3/c1-13(2)29-20-24-23-19(30-20)22-18(26)12-25(17-7-5-4-6-16(17)21)31(27,28)15-10-8-14(3)9-11-15/h4-11,13H,12H2,1-3H3,(H,22,23,26). The summed E-state index contributed by atoms with van der Waals surface area (Å²) in [5.74, 6) is -0.548. The molecule has 2 aromatic carbocycles. The van der Waals surface area contributed by atoms with Crippen molar-refractivity contribution in [2.45, 2.75) is 35.3 Å². The third-order valence-corrected chi connectivity index (χ3v) is 8.03. The zero-order valence-electron chi connectivity index (χ0n) is 17.1. The first-order valence-corrected chi connectivity index (χ1v) is 12.8. The summed E-state index contributed by atoms with van der Waals surface area (Å²) in [7, 11) is -4.04. The molecule has 0 radical (unpaired) electrons. The predicted octanol–water partition coefficient (Wildman–Crippen LogP) is 4.83. The van der Waals surface area contributed by atoms with Crippen LogP contribution in [0, 0.1) is 6.92 Å². The number of sulfonamides is 1. The van der Waals surface area contributed by atoms with Crippen LogP contribution in [0.3, 0.4) is 0 Å². The van der Waals surface area contributed by atoms with Crippen LogP contribution in [0.5, 0.6) is 0 Å². The van der Waals surface area contributed by atoms with E-state index in [0.717, 1.165) is 14.2 Å². The van der Waals surface area contributed by atoms with Crippen LogP contribution in [-0.2, 0) is 14.8 Å². The lowest BCUT2D eigenvalue weighted by molar-refractivity contribution is -0.114. The van der Waals surface area contributed by atoms with Crippen molar-refractivity contribution in [3.05, 3.63) is 59.1 Å². The van der Waals surface area contributed by atoms with E-state index in [1.807, 2.05) is 20.8 Å². The molecule has 1 heterocycles. The highest BCUT2D eigenvalue weighted by Gasteiger charge is 2.29. The summed E-state index contributed by atoms with van der Waals surface area (Å²) < 4.78 is 28.5. The van der Waals surface area contributed by atoms with E-state index in [1.54, 1.807) is 36.4 Å². The van der Waals surface area contributed by atoms with E-state index in [4.69, 9.17) is 11.6 Å². The molecule has 0 unspecified atom stereocenters. The van der Waals surface area contributed by atoms with E-state index < -0.39 is 22.5 Å². The molecule has 0 aliphatic heterocycles. The zero-order valence-corrected chi connectivity index (χ0v) is 20.3. The first kappa shape index (κ1) is 23.5. The number of carbonyl (C=O) groups excluding carboxylic acids is 1. The summed E-state index contributed by atoms with van der Waals surface area (Å²) in [6.07, 6.45) is 0. The predicted molar refractivity (Wildman–Crippen MR) is 127 cm³/mol. The summed E-state index contributed by atoms with van der Waals surface area (Å²) in [5.41, 5.74) is 1.14. The molecule has 0 spiro atoms. The van der Waals surface area contributed by atoms with Gasteiger partial charge in [0.05, 0.1) is 15.6 Å². The van der Waals surface area contributed by atoms with Gasteiger partial charge in [-0.2, -0.15) is 0 Å². The smallest absolute Gasteiger partial charge is 0.264 e. The highest BCUT2D eigenvalue weighted by atomic mass is 35.5. The van der Waals surface area contributed by atoms with Crippen molar-refractivity contribution in [1.82, 2.24) is 10.2 Å². The van der Waals surface area contributed by atoms with E-state index in [1.165, 1.54) is 35.2 Å². The van der Waals surface area contributed by atoms with Crippen LogP contribution in [-0.4, -0.2) is 36.3 Å². The zero-order chi connectivity index (χ0) is 22.6. The van der Waals surface area contributed by atoms with Gasteiger partial charge >= 0.3 is 0 Å². The molecule has 7 nitrogen and oxygen atoms in total. The minimum atomic E-state index is -4.04. The molecule has 0 fully saturated rings. The van der Waals surface area contributed by atoms with Crippen LogP contribution in [0.4, 0.5) is 10.8 Å². The Morgan fingerprint density at radius 1 is 1.16 bits per heavy atom. The maximum absolute atomic E-state index is 13.4. The fraction of sp³-hybridized carbons (Fsp3) is 0.250. The average Bonchev–Trinajstić information content (AvgIpc) is 3.13. The van der Waals surface area contributed by atoms with Crippen LogP contribution >= 0.6 is 34.7 Å². The maximum Gasteiger partial charge on any atom is 0.264 e. The number of nitrogens with zero attached hydrogens (tertiary/aromatic N) is 3. The third kappa shape index (κ3) is 5.97. The number of anilines is 2. The first-order valence-electron chi connectivity index (χ1n) is 9.31. The van der Waals surface area contributed by atoms with E-state index in [-0.39, 0.29) is 15.6 Å². The van der Waals surface area contributed by atoms with Crippen LogP contribution in [0.15, 0.2) is 57.8 Å². The second-order valence-corrected chi connectivity index (χ2v) is 11.9. The Morgan fingerprint density at radius 2 is 1.84 bits per heavy atom. The van der Waals surface area contributed by atoms with Crippen LogP contribution in [0.25, 0.3) is 0 Å². The van der Waals surface area contributed by atoms with Crippen LogP contribution in [0.2, 0.25) is 5.02 Å². The number of para-hydroxylation sites is 1. The molecule has 11 heteroatoms. The molecule has 0 saturated carbocycles. The molecule has 3 aromatic rings. The number of thioether (sulfide) groups is 1. The summed E-state index contributed by atoms with van der Waals surface area (Å²) in [5, 5.41) is 11.5. The average molecular weight is 497 g/mol. The van der Waals surface area contributed by atoms with E-state index in [9.17, 15) is 13.2 Å².